The van der Waals surface area contributed by atoms with Crippen LogP contribution >= 0.6 is 11.8 Å². The molecule has 0 saturated carbocycles. The molecule has 0 aromatic carbocycles. The fraction of sp³-hybridized carbons (Fsp3) is 0.800. The van der Waals surface area contributed by atoms with Crippen LogP contribution in [-0.2, 0) is 0 Å². The predicted molar refractivity (Wildman–Crippen MR) is 56.2 cm³/mol. The van der Waals surface area contributed by atoms with Crippen LogP contribution in [-0.4, -0.2) is 11.3 Å². The SMILES string of the molecule is CC(C)(C)C(C#N)(C#N)CCSC(F)(F)F. The van der Waals surface area contributed by atoms with E-state index >= 15 is 0 Å². The first-order valence-corrected chi connectivity index (χ1v) is 5.60. The highest BCUT2D eigenvalue weighted by atomic mass is 32.2. The zero-order valence-corrected chi connectivity index (χ0v) is 10.2. The van der Waals surface area contributed by atoms with Gasteiger partial charge in [0.1, 0.15) is 5.41 Å². The van der Waals surface area contributed by atoms with Gasteiger partial charge in [-0.05, 0) is 11.8 Å². The van der Waals surface area contributed by atoms with Gasteiger partial charge in [0.2, 0.25) is 0 Å². The molecule has 0 aromatic rings. The molecular weight excluding hydrogens is 237 g/mol. The third-order valence-corrected chi connectivity index (χ3v) is 3.14. The molecule has 0 saturated heterocycles. The van der Waals surface area contributed by atoms with Crippen molar-refractivity contribution in [2.45, 2.75) is 32.7 Å². The first-order chi connectivity index (χ1) is 7.08. The second-order valence-corrected chi connectivity index (χ2v) is 5.58. The van der Waals surface area contributed by atoms with E-state index in [1.54, 1.807) is 20.8 Å². The van der Waals surface area contributed by atoms with Crippen LogP contribution in [0.2, 0.25) is 0 Å². The lowest BCUT2D eigenvalue weighted by atomic mass is 9.67. The lowest BCUT2D eigenvalue weighted by Crippen LogP contribution is -2.33. The summed E-state index contributed by atoms with van der Waals surface area (Å²) in [4.78, 5) is 0. The maximum Gasteiger partial charge on any atom is 0.441 e. The van der Waals surface area contributed by atoms with Gasteiger partial charge in [0.05, 0.1) is 12.1 Å². The summed E-state index contributed by atoms with van der Waals surface area (Å²) >= 11 is -0.195. The molecule has 16 heavy (non-hydrogen) atoms. The van der Waals surface area contributed by atoms with Crippen molar-refractivity contribution in [1.29, 1.82) is 10.5 Å². The fourth-order valence-corrected chi connectivity index (χ4v) is 1.81. The molecule has 0 spiro atoms. The number of hydrogen-bond donors (Lipinski definition) is 0. The summed E-state index contributed by atoms with van der Waals surface area (Å²) in [5.74, 6) is -0.276. The van der Waals surface area contributed by atoms with Crippen LogP contribution in [0.25, 0.3) is 0 Å². The average molecular weight is 250 g/mol. The average Bonchev–Trinajstić information content (AvgIpc) is 2.09. The first kappa shape index (κ1) is 15.1. The van der Waals surface area contributed by atoms with Gasteiger partial charge >= 0.3 is 5.51 Å². The normalized spacial score (nSPS) is 13.0. The smallest absolute Gasteiger partial charge is 0.197 e. The van der Waals surface area contributed by atoms with Crippen molar-refractivity contribution < 1.29 is 13.2 Å². The van der Waals surface area contributed by atoms with Gasteiger partial charge in [-0.2, -0.15) is 23.7 Å². The standard InChI is InChI=1S/C10H13F3N2S/c1-8(2,3)9(6-14,7-15)4-5-16-10(11,12)13/h4-5H2,1-3H3. The maximum atomic E-state index is 11.9. The molecule has 0 aliphatic rings. The largest absolute Gasteiger partial charge is 0.441 e. The summed E-state index contributed by atoms with van der Waals surface area (Å²) in [6, 6.07) is 3.70. The van der Waals surface area contributed by atoms with Gasteiger partial charge in [-0.3, -0.25) is 0 Å². The van der Waals surface area contributed by atoms with Gasteiger partial charge in [0, 0.05) is 5.75 Å². The Morgan fingerprint density at radius 3 is 1.75 bits per heavy atom. The molecule has 0 fully saturated rings. The number of rotatable bonds is 3. The molecule has 0 aliphatic carbocycles. The molecule has 0 amide bonds. The van der Waals surface area contributed by atoms with Crippen LogP contribution < -0.4 is 0 Å². The molecule has 0 radical (unpaired) electrons. The lowest BCUT2D eigenvalue weighted by Gasteiger charge is -2.32. The highest BCUT2D eigenvalue weighted by Crippen LogP contribution is 2.43. The molecular formula is C10H13F3N2S. The Kier molecular flexibility index (Phi) is 4.69. The van der Waals surface area contributed by atoms with E-state index in [9.17, 15) is 13.2 Å². The van der Waals surface area contributed by atoms with E-state index in [0.29, 0.717) is 0 Å². The van der Waals surface area contributed by atoms with Crippen LogP contribution in [0.15, 0.2) is 0 Å². The Labute approximate surface area is 97.4 Å². The summed E-state index contributed by atoms with van der Waals surface area (Å²) in [6.07, 6.45) is -0.0896. The molecule has 0 aromatic heterocycles. The minimum absolute atomic E-state index is 0.0896. The second kappa shape index (κ2) is 4.97. The van der Waals surface area contributed by atoms with Crippen LogP contribution in [0.3, 0.4) is 0 Å². The molecule has 0 unspecified atom stereocenters. The third-order valence-electron chi connectivity index (χ3n) is 2.40. The molecule has 0 heterocycles. The van der Waals surface area contributed by atoms with Crippen molar-refractivity contribution in [3.05, 3.63) is 0 Å². The molecule has 6 heteroatoms. The first-order valence-electron chi connectivity index (χ1n) is 4.61. The van der Waals surface area contributed by atoms with Gasteiger partial charge in [-0.15, -0.1) is 0 Å². The molecule has 90 valence electrons. The Bertz CT molecular complexity index is 303. The van der Waals surface area contributed by atoms with Gasteiger partial charge in [0.25, 0.3) is 0 Å². The van der Waals surface area contributed by atoms with Gasteiger partial charge < -0.3 is 0 Å². The fourth-order valence-electron chi connectivity index (χ4n) is 1.17. The highest BCUT2D eigenvalue weighted by Gasteiger charge is 2.43. The number of nitrogens with zero attached hydrogens (tertiary/aromatic N) is 2. The molecule has 0 atom stereocenters. The maximum absolute atomic E-state index is 11.9. The van der Waals surface area contributed by atoms with E-state index in [4.69, 9.17) is 10.5 Å². The number of alkyl halides is 3. The Morgan fingerprint density at radius 2 is 1.50 bits per heavy atom. The van der Waals surface area contributed by atoms with Gasteiger partial charge in [-0.25, -0.2) is 0 Å². The summed E-state index contributed by atoms with van der Waals surface area (Å²) in [5.41, 5.74) is -6.34. The summed E-state index contributed by atoms with van der Waals surface area (Å²) < 4.78 is 35.8. The molecule has 0 rings (SSSR count). The topological polar surface area (TPSA) is 47.6 Å². The minimum atomic E-state index is -4.31. The van der Waals surface area contributed by atoms with Crippen LogP contribution in [0.1, 0.15) is 27.2 Å². The van der Waals surface area contributed by atoms with Crippen molar-refractivity contribution in [3.63, 3.8) is 0 Å². The van der Waals surface area contributed by atoms with Crippen LogP contribution in [0.5, 0.6) is 0 Å². The minimum Gasteiger partial charge on any atom is -0.197 e. The molecule has 0 N–H and O–H groups in total. The second-order valence-electron chi connectivity index (χ2n) is 4.42. The van der Waals surface area contributed by atoms with Crippen molar-refractivity contribution in [2.24, 2.45) is 10.8 Å². The van der Waals surface area contributed by atoms with E-state index in [2.05, 4.69) is 0 Å². The van der Waals surface area contributed by atoms with Crippen molar-refractivity contribution in [3.8, 4) is 12.1 Å². The summed E-state index contributed by atoms with van der Waals surface area (Å²) in [7, 11) is 0. The predicted octanol–water partition coefficient (Wildman–Crippen LogP) is 3.71. The summed E-state index contributed by atoms with van der Waals surface area (Å²) in [5, 5.41) is 18.0. The quantitative estimate of drug-likeness (QED) is 0.767. The molecule has 2 nitrogen and oxygen atoms in total. The third kappa shape index (κ3) is 3.94. The van der Waals surface area contributed by atoms with E-state index < -0.39 is 16.3 Å². The van der Waals surface area contributed by atoms with Crippen molar-refractivity contribution >= 4 is 11.8 Å². The van der Waals surface area contributed by atoms with Crippen LogP contribution in [0.4, 0.5) is 13.2 Å². The van der Waals surface area contributed by atoms with E-state index in [0.717, 1.165) is 0 Å². The lowest BCUT2D eigenvalue weighted by molar-refractivity contribution is -0.0329. The van der Waals surface area contributed by atoms with Crippen molar-refractivity contribution in [2.75, 3.05) is 5.75 Å². The van der Waals surface area contributed by atoms with Crippen LogP contribution in [0, 0.1) is 33.5 Å². The Balaban J connectivity index is 4.64. The number of hydrogen-bond acceptors (Lipinski definition) is 3. The number of nitriles is 2. The molecule has 0 bridgehead atoms. The monoisotopic (exact) mass is 250 g/mol. The van der Waals surface area contributed by atoms with E-state index in [-0.39, 0.29) is 23.9 Å². The zero-order valence-electron chi connectivity index (χ0n) is 9.35. The zero-order chi connectivity index (χ0) is 13.0. The van der Waals surface area contributed by atoms with E-state index in [1.807, 2.05) is 12.1 Å². The summed E-state index contributed by atoms with van der Waals surface area (Å²) in [6.45, 7) is 5.03. The number of thioether (sulfide) groups is 1. The van der Waals surface area contributed by atoms with E-state index in [1.165, 1.54) is 0 Å². The Morgan fingerprint density at radius 1 is 1.06 bits per heavy atom. The number of halogens is 3. The van der Waals surface area contributed by atoms with Gasteiger partial charge in [-0.1, -0.05) is 32.5 Å². The molecule has 0 aliphatic heterocycles. The Hall–Kier alpha value is -0.880. The highest BCUT2D eigenvalue weighted by molar-refractivity contribution is 8.00. The van der Waals surface area contributed by atoms with Gasteiger partial charge in [0.15, 0.2) is 0 Å². The van der Waals surface area contributed by atoms with Crippen molar-refractivity contribution in [1.82, 2.24) is 0 Å².